The van der Waals surface area contributed by atoms with Crippen LogP contribution in [0.15, 0.2) is 29.2 Å². The van der Waals surface area contributed by atoms with Gasteiger partial charge < -0.3 is 0 Å². The number of para-hydroxylation sites is 1. The lowest BCUT2D eigenvalue weighted by atomic mass is 10.2. The van der Waals surface area contributed by atoms with E-state index >= 15 is 0 Å². The van der Waals surface area contributed by atoms with Gasteiger partial charge in [0.15, 0.2) is 0 Å². The van der Waals surface area contributed by atoms with E-state index in [1.165, 1.54) is 4.31 Å². The van der Waals surface area contributed by atoms with Crippen molar-refractivity contribution >= 4 is 15.7 Å². The van der Waals surface area contributed by atoms with Crippen molar-refractivity contribution in [2.45, 2.75) is 25.7 Å². The van der Waals surface area contributed by atoms with Gasteiger partial charge >= 0.3 is 0 Å². The highest BCUT2D eigenvalue weighted by atomic mass is 32.2. The summed E-state index contributed by atoms with van der Waals surface area (Å²) in [6.07, 6.45) is 0. The second-order valence-corrected chi connectivity index (χ2v) is 6.43. The molecule has 5 nitrogen and oxygen atoms in total. The molecule has 0 aliphatic rings. The molecule has 0 radical (unpaired) electrons. The molecule has 6 heteroatoms. The molecule has 0 fully saturated rings. The van der Waals surface area contributed by atoms with Crippen molar-refractivity contribution in [3.05, 3.63) is 41.2 Å². The molecule has 2 aromatic rings. The van der Waals surface area contributed by atoms with E-state index in [0.29, 0.717) is 17.1 Å². The van der Waals surface area contributed by atoms with Crippen LogP contribution < -0.4 is 4.31 Å². The highest BCUT2D eigenvalue weighted by Gasteiger charge is 2.27. The number of hydrogen-bond acceptors (Lipinski definition) is 3. The maximum atomic E-state index is 12.7. The molecule has 19 heavy (non-hydrogen) atoms. The fourth-order valence-corrected chi connectivity index (χ4v) is 3.69. The number of aromatic nitrogens is 2. The zero-order valence-electron chi connectivity index (χ0n) is 11.4. The molecule has 0 aliphatic heterocycles. The molecule has 0 bridgehead atoms. The largest absolute Gasteiger partial charge is 0.281 e. The molecule has 102 valence electrons. The van der Waals surface area contributed by atoms with Crippen molar-refractivity contribution in [2.24, 2.45) is 0 Å². The summed E-state index contributed by atoms with van der Waals surface area (Å²) < 4.78 is 26.6. The standard InChI is InChI=1S/C13H17N3O2S/c1-9-7-5-6-8-12(9)16(4)19(17,18)13-10(2)14-15-11(13)3/h5-8H,1-4H3,(H,14,15). The van der Waals surface area contributed by atoms with Gasteiger partial charge in [0.25, 0.3) is 10.0 Å². The van der Waals surface area contributed by atoms with Crippen molar-refractivity contribution in [3.8, 4) is 0 Å². The molecule has 0 saturated carbocycles. The lowest BCUT2D eigenvalue weighted by Gasteiger charge is -2.21. The van der Waals surface area contributed by atoms with E-state index in [9.17, 15) is 8.42 Å². The summed E-state index contributed by atoms with van der Waals surface area (Å²) in [5, 5.41) is 6.66. The molecule has 1 N–H and O–H groups in total. The summed E-state index contributed by atoms with van der Waals surface area (Å²) in [5.74, 6) is 0. The number of aromatic amines is 1. The topological polar surface area (TPSA) is 66.1 Å². The summed E-state index contributed by atoms with van der Waals surface area (Å²) in [6, 6.07) is 7.38. The molecule has 0 aliphatic carbocycles. The molecule has 0 atom stereocenters. The number of H-pyrrole nitrogens is 1. The number of hydrogen-bond donors (Lipinski definition) is 1. The average molecular weight is 279 g/mol. The van der Waals surface area contributed by atoms with E-state index in [1.54, 1.807) is 27.0 Å². The summed E-state index contributed by atoms with van der Waals surface area (Å²) in [7, 11) is -2.03. The number of rotatable bonds is 3. The number of sulfonamides is 1. The predicted molar refractivity (Wildman–Crippen MR) is 74.8 cm³/mol. The van der Waals surface area contributed by atoms with Gasteiger partial charge in [-0.05, 0) is 32.4 Å². The highest BCUT2D eigenvalue weighted by molar-refractivity contribution is 7.92. The number of nitrogens with zero attached hydrogens (tertiary/aromatic N) is 2. The molecule has 0 amide bonds. The molecule has 0 saturated heterocycles. The van der Waals surface area contributed by atoms with Gasteiger partial charge in [-0.2, -0.15) is 5.10 Å². The molecule has 1 aromatic carbocycles. The fraction of sp³-hybridized carbons (Fsp3) is 0.308. The molecule has 0 spiro atoms. The number of aryl methyl sites for hydroxylation is 3. The van der Waals surface area contributed by atoms with Gasteiger partial charge in [-0.25, -0.2) is 8.42 Å². The van der Waals surface area contributed by atoms with E-state index in [2.05, 4.69) is 10.2 Å². The maximum Gasteiger partial charge on any atom is 0.267 e. The summed E-state index contributed by atoms with van der Waals surface area (Å²) in [4.78, 5) is 0.248. The number of benzene rings is 1. The minimum Gasteiger partial charge on any atom is -0.281 e. The van der Waals surface area contributed by atoms with E-state index in [1.807, 2.05) is 25.1 Å². The first-order valence-electron chi connectivity index (χ1n) is 5.92. The Morgan fingerprint density at radius 3 is 2.32 bits per heavy atom. The van der Waals surface area contributed by atoms with Crippen LogP contribution in [0.1, 0.15) is 17.0 Å². The van der Waals surface area contributed by atoms with Crippen molar-refractivity contribution in [1.82, 2.24) is 10.2 Å². The molecule has 1 aromatic heterocycles. The van der Waals surface area contributed by atoms with Crippen molar-refractivity contribution in [2.75, 3.05) is 11.4 Å². The van der Waals surface area contributed by atoms with E-state index in [-0.39, 0.29) is 4.90 Å². The number of nitrogens with one attached hydrogen (secondary N) is 1. The third kappa shape index (κ3) is 2.23. The lowest BCUT2D eigenvalue weighted by Crippen LogP contribution is -2.28. The summed E-state index contributed by atoms with van der Waals surface area (Å²) in [5.41, 5.74) is 2.62. The monoisotopic (exact) mass is 279 g/mol. The van der Waals surface area contributed by atoms with Crippen LogP contribution in [-0.2, 0) is 10.0 Å². The van der Waals surface area contributed by atoms with Crippen LogP contribution >= 0.6 is 0 Å². The summed E-state index contributed by atoms with van der Waals surface area (Å²) >= 11 is 0. The van der Waals surface area contributed by atoms with Gasteiger partial charge in [-0.15, -0.1) is 0 Å². The van der Waals surface area contributed by atoms with Crippen LogP contribution in [0, 0.1) is 20.8 Å². The predicted octanol–water partition coefficient (Wildman–Crippen LogP) is 2.16. The number of anilines is 1. The van der Waals surface area contributed by atoms with Crippen LogP contribution in [0.2, 0.25) is 0 Å². The van der Waals surface area contributed by atoms with Gasteiger partial charge in [-0.1, -0.05) is 18.2 Å². The van der Waals surface area contributed by atoms with Gasteiger partial charge in [0.05, 0.1) is 17.1 Å². The zero-order chi connectivity index (χ0) is 14.2. The Morgan fingerprint density at radius 1 is 1.16 bits per heavy atom. The Balaban J connectivity index is 2.55. The Labute approximate surface area is 113 Å². The molecular weight excluding hydrogens is 262 g/mol. The zero-order valence-corrected chi connectivity index (χ0v) is 12.2. The fourth-order valence-electron chi connectivity index (χ4n) is 2.10. The van der Waals surface area contributed by atoms with Gasteiger partial charge in [0.2, 0.25) is 0 Å². The SMILES string of the molecule is Cc1ccccc1N(C)S(=O)(=O)c1c(C)n[nH]c1C. The minimum atomic E-state index is -3.59. The van der Waals surface area contributed by atoms with Gasteiger partial charge in [0.1, 0.15) is 4.90 Å². The third-order valence-electron chi connectivity index (χ3n) is 3.13. The van der Waals surface area contributed by atoms with E-state index in [4.69, 9.17) is 0 Å². The highest BCUT2D eigenvalue weighted by Crippen LogP contribution is 2.27. The van der Waals surface area contributed by atoms with Crippen LogP contribution in [0.25, 0.3) is 0 Å². The Bertz CT molecular complexity index is 685. The van der Waals surface area contributed by atoms with Crippen LogP contribution in [0.4, 0.5) is 5.69 Å². The normalized spacial score (nSPS) is 11.6. The van der Waals surface area contributed by atoms with Gasteiger partial charge in [-0.3, -0.25) is 9.40 Å². The average Bonchev–Trinajstić information content (AvgIpc) is 2.69. The first-order chi connectivity index (χ1) is 8.85. The Kier molecular flexibility index (Phi) is 3.36. The van der Waals surface area contributed by atoms with E-state index < -0.39 is 10.0 Å². The molecule has 0 unspecified atom stereocenters. The third-order valence-corrected chi connectivity index (χ3v) is 5.17. The van der Waals surface area contributed by atoms with Crippen molar-refractivity contribution in [1.29, 1.82) is 0 Å². The van der Waals surface area contributed by atoms with Crippen LogP contribution in [0.3, 0.4) is 0 Å². The molecule has 2 rings (SSSR count). The first-order valence-corrected chi connectivity index (χ1v) is 7.36. The van der Waals surface area contributed by atoms with Crippen LogP contribution in [0.5, 0.6) is 0 Å². The second-order valence-electron chi connectivity index (χ2n) is 4.52. The Hall–Kier alpha value is -1.82. The smallest absolute Gasteiger partial charge is 0.267 e. The lowest BCUT2D eigenvalue weighted by molar-refractivity contribution is 0.593. The minimum absolute atomic E-state index is 0.248. The van der Waals surface area contributed by atoms with Crippen molar-refractivity contribution in [3.63, 3.8) is 0 Å². The van der Waals surface area contributed by atoms with E-state index in [0.717, 1.165) is 5.56 Å². The van der Waals surface area contributed by atoms with Crippen molar-refractivity contribution < 1.29 is 8.42 Å². The molecular formula is C13H17N3O2S. The Morgan fingerprint density at radius 2 is 1.79 bits per heavy atom. The second kappa shape index (κ2) is 4.70. The quantitative estimate of drug-likeness (QED) is 0.936. The summed E-state index contributed by atoms with van der Waals surface area (Å²) in [6.45, 7) is 5.27. The molecule has 1 heterocycles. The first kappa shape index (κ1) is 13.6. The van der Waals surface area contributed by atoms with Gasteiger partial charge in [0, 0.05) is 7.05 Å². The maximum absolute atomic E-state index is 12.7. The van der Waals surface area contributed by atoms with Crippen LogP contribution in [-0.4, -0.2) is 25.7 Å².